The van der Waals surface area contributed by atoms with Crippen LogP contribution in [0.1, 0.15) is 103 Å². The Balaban J connectivity index is 3.12. The third-order valence-corrected chi connectivity index (χ3v) is 4.00. The Hall–Kier alpha value is -0.480. The molecule has 1 nitrogen and oxygen atoms in total. The minimum atomic E-state index is -0.0531. The molecule has 0 aliphatic rings. The van der Waals surface area contributed by atoms with E-state index in [2.05, 4.69) is 12.8 Å². The van der Waals surface area contributed by atoms with Gasteiger partial charge in [-0.2, -0.15) is 0 Å². The third kappa shape index (κ3) is 15.6. The number of unbranched alkanes of at least 4 members (excludes halogenated alkanes) is 11. The van der Waals surface area contributed by atoms with E-state index in [1.807, 2.05) is 0 Å². The Bertz CT molecular complexity index is 216. The molecule has 1 unspecified atom stereocenters. The highest BCUT2D eigenvalue weighted by Gasteiger charge is 2.03. The Morgan fingerprint density at radius 2 is 1.20 bits per heavy atom. The van der Waals surface area contributed by atoms with E-state index in [4.69, 9.17) is 6.42 Å². The minimum absolute atomic E-state index is 0.0531. The Labute approximate surface area is 127 Å². The predicted molar refractivity (Wildman–Crippen MR) is 89.8 cm³/mol. The van der Waals surface area contributed by atoms with Gasteiger partial charge in [0.05, 0.1) is 6.10 Å². The van der Waals surface area contributed by atoms with Crippen LogP contribution in [0.5, 0.6) is 0 Å². The fourth-order valence-corrected chi connectivity index (χ4v) is 2.62. The Morgan fingerprint density at radius 3 is 1.70 bits per heavy atom. The Morgan fingerprint density at radius 1 is 0.750 bits per heavy atom. The van der Waals surface area contributed by atoms with Gasteiger partial charge in [0.15, 0.2) is 0 Å². The van der Waals surface area contributed by atoms with Crippen molar-refractivity contribution >= 4 is 0 Å². The quantitative estimate of drug-likeness (QED) is 0.294. The number of aliphatic hydroxyl groups excluding tert-OH is 1. The van der Waals surface area contributed by atoms with Crippen molar-refractivity contribution in [2.45, 2.75) is 109 Å². The molecular formula is C19H36O. The zero-order valence-electron chi connectivity index (χ0n) is 13.7. The highest BCUT2D eigenvalue weighted by Crippen LogP contribution is 2.14. The summed E-state index contributed by atoms with van der Waals surface area (Å²) in [7, 11) is 0. The first-order chi connectivity index (χ1) is 9.81. The normalized spacial score (nSPS) is 12.2. The summed E-state index contributed by atoms with van der Waals surface area (Å²) in [5.41, 5.74) is 0. The van der Waals surface area contributed by atoms with Crippen LogP contribution in [-0.4, -0.2) is 11.2 Å². The summed E-state index contributed by atoms with van der Waals surface area (Å²) in [6.45, 7) is 2.25. The van der Waals surface area contributed by atoms with Crippen LogP contribution in [0, 0.1) is 12.3 Å². The van der Waals surface area contributed by atoms with Gasteiger partial charge in [-0.1, -0.05) is 77.6 Å². The van der Waals surface area contributed by atoms with Gasteiger partial charge in [-0.05, 0) is 19.3 Å². The van der Waals surface area contributed by atoms with E-state index in [1.165, 1.54) is 77.0 Å². The van der Waals surface area contributed by atoms with Crippen molar-refractivity contribution in [3.05, 3.63) is 0 Å². The maximum Gasteiger partial charge on any atom is 0.0540 e. The molecule has 0 aliphatic carbocycles. The molecule has 0 aliphatic heterocycles. The second-order valence-electron chi connectivity index (χ2n) is 6.07. The second kappa shape index (κ2) is 16.6. The van der Waals surface area contributed by atoms with E-state index in [0.717, 1.165) is 19.3 Å². The van der Waals surface area contributed by atoms with Crippen molar-refractivity contribution < 1.29 is 5.11 Å². The molecule has 0 fully saturated rings. The van der Waals surface area contributed by atoms with Crippen molar-refractivity contribution in [1.29, 1.82) is 0 Å². The first kappa shape index (κ1) is 19.5. The molecule has 0 aromatic heterocycles. The van der Waals surface area contributed by atoms with Crippen LogP contribution in [0.4, 0.5) is 0 Å². The molecule has 0 bridgehead atoms. The van der Waals surface area contributed by atoms with Crippen LogP contribution in [0.25, 0.3) is 0 Å². The number of hydrogen-bond acceptors (Lipinski definition) is 1. The summed E-state index contributed by atoms with van der Waals surface area (Å²) in [5.74, 6) is 2.69. The summed E-state index contributed by atoms with van der Waals surface area (Å²) in [5, 5.41) is 9.90. The van der Waals surface area contributed by atoms with Gasteiger partial charge < -0.3 is 5.11 Å². The van der Waals surface area contributed by atoms with Crippen LogP contribution in [0.15, 0.2) is 0 Å². The van der Waals surface area contributed by atoms with Gasteiger partial charge in [-0.3, -0.25) is 0 Å². The molecule has 0 radical (unpaired) electrons. The van der Waals surface area contributed by atoms with Gasteiger partial charge in [0, 0.05) is 6.42 Å². The molecule has 1 N–H and O–H groups in total. The lowest BCUT2D eigenvalue weighted by atomic mass is 10.0. The summed E-state index contributed by atoms with van der Waals surface area (Å²) >= 11 is 0. The van der Waals surface area contributed by atoms with Gasteiger partial charge in [0.2, 0.25) is 0 Å². The molecule has 0 heterocycles. The van der Waals surface area contributed by atoms with Crippen LogP contribution in [0.3, 0.4) is 0 Å². The molecule has 0 spiro atoms. The van der Waals surface area contributed by atoms with Gasteiger partial charge >= 0.3 is 0 Å². The van der Waals surface area contributed by atoms with Crippen molar-refractivity contribution in [2.75, 3.05) is 0 Å². The second-order valence-corrected chi connectivity index (χ2v) is 6.07. The van der Waals surface area contributed by atoms with E-state index in [9.17, 15) is 5.11 Å². The van der Waals surface area contributed by atoms with Crippen molar-refractivity contribution in [2.24, 2.45) is 0 Å². The van der Waals surface area contributed by atoms with E-state index in [-0.39, 0.29) is 6.10 Å². The van der Waals surface area contributed by atoms with Gasteiger partial charge in [0.25, 0.3) is 0 Å². The lowest BCUT2D eigenvalue weighted by Gasteiger charge is -2.10. The van der Waals surface area contributed by atoms with Gasteiger partial charge in [-0.15, -0.1) is 12.3 Å². The van der Waals surface area contributed by atoms with Crippen LogP contribution >= 0.6 is 0 Å². The molecule has 1 atom stereocenters. The van der Waals surface area contributed by atoms with E-state index < -0.39 is 0 Å². The van der Waals surface area contributed by atoms with E-state index in [0.29, 0.717) is 0 Å². The zero-order chi connectivity index (χ0) is 14.9. The van der Waals surface area contributed by atoms with Gasteiger partial charge in [0.1, 0.15) is 0 Å². The van der Waals surface area contributed by atoms with Crippen LogP contribution in [0.2, 0.25) is 0 Å². The lowest BCUT2D eigenvalue weighted by molar-refractivity contribution is 0.147. The first-order valence-corrected chi connectivity index (χ1v) is 8.92. The fourth-order valence-electron chi connectivity index (χ4n) is 2.62. The van der Waals surface area contributed by atoms with Crippen LogP contribution in [-0.2, 0) is 0 Å². The Kier molecular flexibility index (Phi) is 16.2. The van der Waals surface area contributed by atoms with Crippen LogP contribution < -0.4 is 0 Å². The number of rotatable bonds is 15. The number of terminal acetylenes is 1. The first-order valence-electron chi connectivity index (χ1n) is 8.92. The maximum absolute atomic E-state index is 9.90. The molecule has 0 saturated heterocycles. The summed E-state index contributed by atoms with van der Waals surface area (Å²) in [4.78, 5) is 0. The van der Waals surface area contributed by atoms with E-state index >= 15 is 0 Å². The van der Waals surface area contributed by atoms with Gasteiger partial charge in [-0.25, -0.2) is 0 Å². The summed E-state index contributed by atoms with van der Waals surface area (Å²) in [6.07, 6.45) is 23.5. The van der Waals surface area contributed by atoms with Crippen molar-refractivity contribution in [3.63, 3.8) is 0 Å². The average Bonchev–Trinajstić information content (AvgIpc) is 2.45. The molecule has 0 saturated carbocycles. The monoisotopic (exact) mass is 280 g/mol. The molecule has 0 amide bonds. The smallest absolute Gasteiger partial charge is 0.0540 e. The van der Waals surface area contributed by atoms with E-state index in [1.54, 1.807) is 0 Å². The summed E-state index contributed by atoms with van der Waals surface area (Å²) < 4.78 is 0. The van der Waals surface area contributed by atoms with Crippen molar-refractivity contribution in [1.82, 2.24) is 0 Å². The topological polar surface area (TPSA) is 20.2 Å². The summed E-state index contributed by atoms with van der Waals surface area (Å²) in [6, 6.07) is 0. The highest BCUT2D eigenvalue weighted by atomic mass is 16.3. The lowest BCUT2D eigenvalue weighted by Crippen LogP contribution is -2.05. The standard InChI is InChI=1S/C19H36O/c1-3-5-7-9-11-12-14-16-18-19(20)17-15-13-10-8-6-4-2/h1,19-20H,4-18H2,2H3. The van der Waals surface area contributed by atoms with Crippen molar-refractivity contribution in [3.8, 4) is 12.3 Å². The third-order valence-electron chi connectivity index (χ3n) is 4.00. The highest BCUT2D eigenvalue weighted by molar-refractivity contribution is 4.82. The minimum Gasteiger partial charge on any atom is -0.393 e. The largest absolute Gasteiger partial charge is 0.393 e. The molecule has 1 heteroatoms. The molecule has 20 heavy (non-hydrogen) atoms. The molecule has 0 rings (SSSR count). The number of hydrogen-bond donors (Lipinski definition) is 1. The molecular weight excluding hydrogens is 244 g/mol. The molecule has 0 aromatic carbocycles. The zero-order valence-corrected chi connectivity index (χ0v) is 13.7. The average molecular weight is 280 g/mol. The SMILES string of the molecule is C#CCCCCCCCCC(O)CCCCCCCC. The number of aliphatic hydroxyl groups is 1. The maximum atomic E-state index is 9.90. The molecule has 118 valence electrons. The predicted octanol–water partition coefficient (Wildman–Crippen LogP) is 5.85. The fraction of sp³-hybridized carbons (Fsp3) is 0.895. The molecule has 0 aromatic rings.